The average Bonchev–Trinajstić information content (AvgIpc) is 3.36. The van der Waals surface area contributed by atoms with E-state index in [1.807, 2.05) is 50.2 Å². The van der Waals surface area contributed by atoms with Gasteiger partial charge in [0.2, 0.25) is 0 Å². The Kier molecular flexibility index (Phi) is 8.38. The highest BCUT2D eigenvalue weighted by molar-refractivity contribution is 6.30. The summed E-state index contributed by atoms with van der Waals surface area (Å²) in [6.45, 7) is 6.14. The first-order valence-electron chi connectivity index (χ1n) is 12.2. The zero-order valence-electron chi connectivity index (χ0n) is 21.4. The zero-order chi connectivity index (χ0) is 27.2. The number of aromatic nitrogens is 4. The fourth-order valence-electron chi connectivity index (χ4n) is 4.17. The first-order valence-corrected chi connectivity index (χ1v) is 12.6. The third kappa shape index (κ3) is 6.54. The van der Waals surface area contributed by atoms with E-state index in [0.29, 0.717) is 34.9 Å². The number of anilines is 1. The molecule has 4 rings (SSSR count). The largest absolute Gasteiger partial charge is 0.480 e. The van der Waals surface area contributed by atoms with E-state index in [1.54, 1.807) is 36.3 Å². The fourth-order valence-corrected chi connectivity index (χ4v) is 4.47. The third-order valence-electron chi connectivity index (χ3n) is 6.12. The first-order chi connectivity index (χ1) is 18.2. The number of benzene rings is 2. The number of carbonyl (C=O) groups is 2. The molecule has 0 aliphatic rings. The van der Waals surface area contributed by atoms with Crippen molar-refractivity contribution >= 4 is 29.3 Å². The van der Waals surface area contributed by atoms with E-state index in [0.717, 1.165) is 28.2 Å². The van der Waals surface area contributed by atoms with Crippen molar-refractivity contribution in [2.75, 3.05) is 5.32 Å². The summed E-state index contributed by atoms with van der Waals surface area (Å²) in [4.78, 5) is 33.6. The summed E-state index contributed by atoms with van der Waals surface area (Å²) >= 11 is 6.13. The maximum Gasteiger partial charge on any atom is 0.326 e. The van der Waals surface area contributed by atoms with Crippen LogP contribution in [0.5, 0.6) is 0 Å². The zero-order valence-corrected chi connectivity index (χ0v) is 22.2. The van der Waals surface area contributed by atoms with Crippen molar-refractivity contribution in [1.82, 2.24) is 25.1 Å². The van der Waals surface area contributed by atoms with Gasteiger partial charge in [-0.2, -0.15) is 0 Å². The van der Waals surface area contributed by atoms with Crippen molar-refractivity contribution in [3.8, 4) is 5.69 Å². The lowest BCUT2D eigenvalue weighted by Gasteiger charge is -2.18. The number of nitrogens with zero attached hydrogens (tertiary/aromatic N) is 4. The Morgan fingerprint density at radius 2 is 1.84 bits per heavy atom. The van der Waals surface area contributed by atoms with Crippen LogP contribution in [0.15, 0.2) is 61.1 Å². The van der Waals surface area contributed by atoms with E-state index in [1.165, 1.54) is 0 Å². The lowest BCUT2D eigenvalue weighted by atomic mass is 9.98. The molecule has 3 N–H and O–H groups in total. The lowest BCUT2D eigenvalue weighted by Crippen LogP contribution is -2.42. The molecule has 0 spiro atoms. The van der Waals surface area contributed by atoms with Crippen LogP contribution in [0.1, 0.15) is 45.4 Å². The fraction of sp³-hybridized carbons (Fsp3) is 0.250. The Labute approximate surface area is 225 Å². The van der Waals surface area contributed by atoms with Gasteiger partial charge >= 0.3 is 5.97 Å². The predicted octanol–water partition coefficient (Wildman–Crippen LogP) is 4.53. The molecule has 1 atom stereocenters. The van der Waals surface area contributed by atoms with Crippen LogP contribution in [0, 0.1) is 13.8 Å². The van der Waals surface area contributed by atoms with Crippen LogP contribution in [0.3, 0.4) is 0 Å². The van der Waals surface area contributed by atoms with Crippen molar-refractivity contribution in [2.45, 2.75) is 46.2 Å². The van der Waals surface area contributed by atoms with Gasteiger partial charge in [-0.3, -0.25) is 4.79 Å². The van der Waals surface area contributed by atoms with Gasteiger partial charge in [0.15, 0.2) is 5.82 Å². The van der Waals surface area contributed by atoms with Crippen LogP contribution < -0.4 is 10.6 Å². The normalized spacial score (nSPS) is 11.7. The van der Waals surface area contributed by atoms with Gasteiger partial charge < -0.3 is 15.7 Å². The molecule has 1 amide bonds. The molecule has 9 nitrogen and oxygen atoms in total. The lowest BCUT2D eigenvalue weighted by molar-refractivity contribution is -0.139. The standard InChI is InChI=1S/C28H29ClN6O3/c1-4-20-14-21(29)12-18(3)26(20)27(36)33-23(28(37)38)13-19-5-7-22(8-6-19)35-16-32-25(34-35)15-31-24-11-17(2)9-10-30-24/h5-12,14,16,23H,4,13,15H2,1-3H3,(H,30,31)(H,33,36)(H,37,38). The summed E-state index contributed by atoms with van der Waals surface area (Å²) in [6, 6.07) is 13.5. The van der Waals surface area contributed by atoms with Crippen molar-refractivity contribution < 1.29 is 14.7 Å². The minimum atomic E-state index is -1.11. The van der Waals surface area contributed by atoms with Crippen LogP contribution in [0.4, 0.5) is 5.82 Å². The number of carboxylic acid groups (broad SMARTS) is 1. The second-order valence-electron chi connectivity index (χ2n) is 9.02. The molecule has 0 aliphatic heterocycles. The van der Waals surface area contributed by atoms with Crippen LogP contribution in [-0.4, -0.2) is 42.8 Å². The van der Waals surface area contributed by atoms with Crippen LogP contribution in [-0.2, 0) is 24.2 Å². The predicted molar refractivity (Wildman–Crippen MR) is 146 cm³/mol. The highest BCUT2D eigenvalue weighted by Gasteiger charge is 2.23. The molecule has 0 radical (unpaired) electrons. The summed E-state index contributed by atoms with van der Waals surface area (Å²) in [6.07, 6.45) is 4.10. The van der Waals surface area contributed by atoms with Crippen LogP contribution in [0.25, 0.3) is 5.69 Å². The van der Waals surface area contributed by atoms with Crippen LogP contribution >= 0.6 is 11.6 Å². The first kappa shape index (κ1) is 26.8. The maximum absolute atomic E-state index is 13.0. The van der Waals surface area contributed by atoms with Gasteiger partial charge in [0.25, 0.3) is 5.91 Å². The van der Waals surface area contributed by atoms with E-state index < -0.39 is 17.9 Å². The molecule has 0 saturated carbocycles. The minimum Gasteiger partial charge on any atom is -0.480 e. The van der Waals surface area contributed by atoms with Crippen molar-refractivity contribution in [2.24, 2.45) is 0 Å². The number of aliphatic carboxylic acids is 1. The number of rotatable bonds is 10. The van der Waals surface area contributed by atoms with E-state index >= 15 is 0 Å². The molecule has 2 aromatic carbocycles. The quantitative estimate of drug-likeness (QED) is 0.274. The third-order valence-corrected chi connectivity index (χ3v) is 6.33. The molecular weight excluding hydrogens is 504 g/mol. The number of carbonyl (C=O) groups excluding carboxylic acids is 1. The van der Waals surface area contributed by atoms with Gasteiger partial charge in [0.05, 0.1) is 12.2 Å². The number of hydrogen-bond acceptors (Lipinski definition) is 6. The minimum absolute atomic E-state index is 0.130. The Hall–Kier alpha value is -4.24. The monoisotopic (exact) mass is 532 g/mol. The summed E-state index contributed by atoms with van der Waals surface area (Å²) < 4.78 is 1.65. The topological polar surface area (TPSA) is 122 Å². The average molecular weight is 533 g/mol. The second-order valence-corrected chi connectivity index (χ2v) is 9.46. The Morgan fingerprint density at radius 3 is 2.53 bits per heavy atom. The van der Waals surface area contributed by atoms with Crippen molar-refractivity contribution in [3.05, 3.63) is 99.7 Å². The number of pyridine rings is 1. The van der Waals surface area contributed by atoms with Crippen molar-refractivity contribution in [3.63, 3.8) is 0 Å². The number of hydrogen-bond donors (Lipinski definition) is 3. The molecule has 10 heteroatoms. The highest BCUT2D eigenvalue weighted by atomic mass is 35.5. The van der Waals surface area contributed by atoms with E-state index in [2.05, 4.69) is 25.7 Å². The molecule has 2 heterocycles. The van der Waals surface area contributed by atoms with Gasteiger partial charge in [-0.15, -0.1) is 5.10 Å². The van der Waals surface area contributed by atoms with Gasteiger partial charge in [-0.25, -0.2) is 19.4 Å². The molecule has 4 aromatic rings. The van der Waals surface area contributed by atoms with E-state index in [9.17, 15) is 14.7 Å². The Bertz CT molecular complexity index is 1450. The molecule has 0 saturated heterocycles. The Balaban J connectivity index is 1.41. The van der Waals surface area contributed by atoms with Gasteiger partial charge in [0.1, 0.15) is 18.2 Å². The van der Waals surface area contributed by atoms with Gasteiger partial charge in [-0.1, -0.05) is 30.7 Å². The Morgan fingerprint density at radius 1 is 1.08 bits per heavy atom. The molecule has 0 bridgehead atoms. The molecule has 0 fully saturated rings. The second kappa shape index (κ2) is 11.9. The number of nitrogens with one attached hydrogen (secondary N) is 2. The molecule has 0 aliphatic carbocycles. The molecule has 196 valence electrons. The van der Waals surface area contributed by atoms with Gasteiger partial charge in [-0.05, 0) is 78.9 Å². The SMILES string of the molecule is CCc1cc(Cl)cc(C)c1C(=O)NC(Cc1ccc(-n2cnc(CNc3cc(C)ccn3)n2)cc1)C(=O)O. The number of aryl methyl sites for hydroxylation is 3. The summed E-state index contributed by atoms with van der Waals surface area (Å²) in [7, 11) is 0. The number of halogens is 1. The summed E-state index contributed by atoms with van der Waals surface area (Å²) in [5.41, 5.74) is 4.60. The van der Waals surface area contributed by atoms with E-state index in [-0.39, 0.29) is 6.42 Å². The number of carboxylic acids is 1. The molecular formula is C28H29ClN6O3. The highest BCUT2D eigenvalue weighted by Crippen LogP contribution is 2.22. The van der Waals surface area contributed by atoms with Crippen LogP contribution in [0.2, 0.25) is 5.02 Å². The van der Waals surface area contributed by atoms with E-state index in [4.69, 9.17) is 11.6 Å². The number of amides is 1. The van der Waals surface area contributed by atoms with Gasteiger partial charge in [0, 0.05) is 23.2 Å². The molecule has 2 aromatic heterocycles. The molecule has 1 unspecified atom stereocenters. The molecule has 38 heavy (non-hydrogen) atoms. The maximum atomic E-state index is 13.0. The summed E-state index contributed by atoms with van der Waals surface area (Å²) in [5, 5.41) is 20.7. The summed E-state index contributed by atoms with van der Waals surface area (Å²) in [5.74, 6) is -0.175. The van der Waals surface area contributed by atoms with Crippen molar-refractivity contribution in [1.29, 1.82) is 0 Å². The smallest absolute Gasteiger partial charge is 0.326 e.